The molecule has 9 heteroatoms. The number of methoxy groups -OCH3 is 1. The van der Waals surface area contributed by atoms with E-state index in [0.717, 1.165) is 24.1 Å². The van der Waals surface area contributed by atoms with Gasteiger partial charge in [0.2, 0.25) is 0 Å². The molecule has 0 saturated carbocycles. The number of halogens is 4. The molecule has 5 nitrogen and oxygen atoms in total. The number of amides is 1. The largest absolute Gasteiger partial charge is 0.467 e. The monoisotopic (exact) mass is 408 g/mol. The van der Waals surface area contributed by atoms with Gasteiger partial charge in [0, 0.05) is 29.1 Å². The van der Waals surface area contributed by atoms with Crippen LogP contribution in [0.4, 0.5) is 17.6 Å². The Kier molecular flexibility index (Phi) is 5.58. The van der Waals surface area contributed by atoms with Crippen molar-refractivity contribution in [1.29, 1.82) is 0 Å². The van der Waals surface area contributed by atoms with Gasteiger partial charge >= 0.3 is 12.1 Å². The number of hydrogen-bond acceptors (Lipinski definition) is 3. The van der Waals surface area contributed by atoms with Gasteiger partial charge in [-0.2, -0.15) is 13.2 Å². The molecule has 3 rings (SSSR count). The molecular weight excluding hydrogens is 392 g/mol. The van der Waals surface area contributed by atoms with Crippen LogP contribution in [0, 0.1) is 5.82 Å². The molecule has 2 N–H and O–H groups in total. The zero-order chi connectivity index (χ0) is 21.2. The molecule has 0 bridgehead atoms. The Morgan fingerprint density at radius 2 is 1.90 bits per heavy atom. The van der Waals surface area contributed by atoms with Crippen LogP contribution in [0.1, 0.15) is 21.5 Å². The lowest BCUT2D eigenvalue weighted by Crippen LogP contribution is -2.43. The maximum atomic E-state index is 13.4. The molecule has 1 amide bonds. The molecule has 2 aromatic carbocycles. The first kappa shape index (κ1) is 20.4. The number of aromatic amines is 1. The first-order valence-electron chi connectivity index (χ1n) is 8.51. The quantitative estimate of drug-likeness (QED) is 0.498. The Balaban J connectivity index is 1.86. The lowest BCUT2D eigenvalue weighted by molar-refractivity contribution is -0.143. The number of hydrogen-bond donors (Lipinski definition) is 2. The number of aromatic nitrogens is 1. The normalized spacial score (nSPS) is 12.6. The average molecular weight is 408 g/mol. The lowest BCUT2D eigenvalue weighted by Gasteiger charge is -2.17. The third-order valence-electron chi connectivity index (χ3n) is 4.42. The minimum atomic E-state index is -4.95. The van der Waals surface area contributed by atoms with E-state index in [0.29, 0.717) is 17.7 Å². The van der Waals surface area contributed by atoms with Gasteiger partial charge in [-0.1, -0.05) is 18.2 Å². The second-order valence-electron chi connectivity index (χ2n) is 6.31. The summed E-state index contributed by atoms with van der Waals surface area (Å²) < 4.78 is 56.8. The van der Waals surface area contributed by atoms with Crippen molar-refractivity contribution in [1.82, 2.24) is 10.3 Å². The summed E-state index contributed by atoms with van der Waals surface area (Å²) in [7, 11) is 1.14. The van der Waals surface area contributed by atoms with Crippen molar-refractivity contribution in [2.75, 3.05) is 7.11 Å². The number of benzene rings is 2. The predicted molar refractivity (Wildman–Crippen MR) is 96.7 cm³/mol. The maximum Gasteiger partial charge on any atom is 0.419 e. The SMILES string of the molecule is COC(=O)[C@@H](Cc1c[nH]c2ccccc12)NC(=O)c1ccc(F)c(C(F)(F)F)c1. The molecule has 0 radical (unpaired) electrons. The predicted octanol–water partition coefficient (Wildman–Crippen LogP) is 3.84. The van der Waals surface area contributed by atoms with Crippen molar-refractivity contribution >= 4 is 22.8 Å². The minimum Gasteiger partial charge on any atom is -0.467 e. The van der Waals surface area contributed by atoms with E-state index in [9.17, 15) is 27.2 Å². The topological polar surface area (TPSA) is 71.2 Å². The first-order valence-corrected chi connectivity index (χ1v) is 8.51. The number of carbonyl (C=O) groups is 2. The molecule has 29 heavy (non-hydrogen) atoms. The highest BCUT2D eigenvalue weighted by molar-refractivity contribution is 5.97. The van der Waals surface area contributed by atoms with Gasteiger partial charge < -0.3 is 15.0 Å². The van der Waals surface area contributed by atoms with Gasteiger partial charge in [0.05, 0.1) is 12.7 Å². The molecule has 0 aliphatic carbocycles. The Bertz CT molecular complexity index is 1060. The molecule has 1 aromatic heterocycles. The fraction of sp³-hybridized carbons (Fsp3) is 0.200. The molecule has 3 aromatic rings. The summed E-state index contributed by atoms with van der Waals surface area (Å²) in [6.07, 6.45) is -3.23. The number of alkyl halides is 3. The van der Waals surface area contributed by atoms with Crippen LogP contribution in [0.5, 0.6) is 0 Å². The smallest absolute Gasteiger partial charge is 0.419 e. The zero-order valence-corrected chi connectivity index (χ0v) is 15.1. The van der Waals surface area contributed by atoms with Crippen molar-refractivity contribution in [3.05, 3.63) is 71.2 Å². The van der Waals surface area contributed by atoms with Crippen LogP contribution < -0.4 is 5.32 Å². The number of para-hydroxylation sites is 1. The maximum absolute atomic E-state index is 13.4. The number of carbonyl (C=O) groups excluding carboxylic acids is 2. The van der Waals surface area contributed by atoms with E-state index in [1.807, 2.05) is 24.3 Å². The number of fused-ring (bicyclic) bond motifs is 1. The number of ether oxygens (including phenoxy) is 1. The molecule has 1 atom stereocenters. The summed E-state index contributed by atoms with van der Waals surface area (Å²) in [6.45, 7) is 0. The fourth-order valence-electron chi connectivity index (χ4n) is 2.98. The van der Waals surface area contributed by atoms with Gasteiger partial charge in [0.15, 0.2) is 0 Å². The molecule has 0 fully saturated rings. The van der Waals surface area contributed by atoms with Crippen LogP contribution in [-0.2, 0) is 22.1 Å². The highest BCUT2D eigenvalue weighted by Crippen LogP contribution is 2.32. The third-order valence-corrected chi connectivity index (χ3v) is 4.42. The Labute approximate surface area is 162 Å². The molecule has 0 aliphatic heterocycles. The van der Waals surface area contributed by atoms with Crippen molar-refractivity contribution in [2.45, 2.75) is 18.6 Å². The van der Waals surface area contributed by atoms with E-state index in [-0.39, 0.29) is 6.42 Å². The third kappa shape index (κ3) is 4.39. The standard InChI is InChI=1S/C20H16F4N2O3/c1-29-19(28)17(9-12-10-25-16-5-3-2-4-13(12)16)26-18(27)11-6-7-15(21)14(8-11)20(22,23)24/h2-8,10,17,25H,9H2,1H3,(H,26,27)/t17-/m1/s1. The van der Waals surface area contributed by atoms with E-state index in [2.05, 4.69) is 10.3 Å². The van der Waals surface area contributed by atoms with Gasteiger partial charge in [-0.15, -0.1) is 0 Å². The second kappa shape index (κ2) is 7.94. The summed E-state index contributed by atoms with van der Waals surface area (Å²) in [6, 6.07) is 8.03. The summed E-state index contributed by atoms with van der Waals surface area (Å²) in [5, 5.41) is 3.20. The molecule has 0 spiro atoms. The zero-order valence-electron chi connectivity index (χ0n) is 15.1. The number of esters is 1. The molecule has 0 unspecified atom stereocenters. The molecule has 0 saturated heterocycles. The summed E-state index contributed by atoms with van der Waals surface area (Å²) >= 11 is 0. The molecule has 0 aliphatic rings. The van der Waals surface area contributed by atoms with E-state index in [1.165, 1.54) is 0 Å². The first-order chi connectivity index (χ1) is 13.7. The van der Waals surface area contributed by atoms with Crippen LogP contribution in [0.15, 0.2) is 48.7 Å². The highest BCUT2D eigenvalue weighted by Gasteiger charge is 2.35. The van der Waals surface area contributed by atoms with E-state index in [4.69, 9.17) is 4.74 Å². The minimum absolute atomic E-state index is 0.0513. The van der Waals surface area contributed by atoms with Crippen LogP contribution in [-0.4, -0.2) is 30.0 Å². The second-order valence-corrected chi connectivity index (χ2v) is 6.31. The van der Waals surface area contributed by atoms with Crippen LogP contribution in [0.3, 0.4) is 0 Å². The van der Waals surface area contributed by atoms with E-state index in [1.54, 1.807) is 6.20 Å². The van der Waals surface area contributed by atoms with Gasteiger partial charge in [-0.05, 0) is 29.8 Å². The van der Waals surface area contributed by atoms with Gasteiger partial charge in [0.25, 0.3) is 5.91 Å². The summed E-state index contributed by atoms with van der Waals surface area (Å²) in [5.74, 6) is -3.20. The van der Waals surface area contributed by atoms with E-state index >= 15 is 0 Å². The van der Waals surface area contributed by atoms with Crippen molar-refractivity contribution < 1.29 is 31.9 Å². The van der Waals surface area contributed by atoms with Gasteiger partial charge in [-0.25, -0.2) is 9.18 Å². The van der Waals surface area contributed by atoms with Crippen LogP contribution >= 0.6 is 0 Å². The highest BCUT2D eigenvalue weighted by atomic mass is 19.4. The number of H-pyrrole nitrogens is 1. The van der Waals surface area contributed by atoms with Crippen molar-refractivity contribution in [3.8, 4) is 0 Å². The fourth-order valence-corrected chi connectivity index (χ4v) is 2.98. The Morgan fingerprint density at radius 3 is 2.59 bits per heavy atom. The van der Waals surface area contributed by atoms with Gasteiger partial charge in [-0.3, -0.25) is 4.79 Å². The number of rotatable bonds is 5. The summed E-state index contributed by atoms with van der Waals surface area (Å²) in [4.78, 5) is 27.6. The molecule has 1 heterocycles. The Morgan fingerprint density at radius 1 is 1.17 bits per heavy atom. The molecular formula is C20H16F4N2O3. The van der Waals surface area contributed by atoms with Crippen LogP contribution in [0.25, 0.3) is 10.9 Å². The Hall–Kier alpha value is -3.36. The molecule has 152 valence electrons. The number of nitrogens with one attached hydrogen (secondary N) is 2. The van der Waals surface area contributed by atoms with E-state index < -0.39 is 41.0 Å². The average Bonchev–Trinajstić information content (AvgIpc) is 3.09. The lowest BCUT2D eigenvalue weighted by atomic mass is 10.0. The summed E-state index contributed by atoms with van der Waals surface area (Å²) in [5.41, 5.74) is -0.444. The van der Waals surface area contributed by atoms with Crippen molar-refractivity contribution in [2.24, 2.45) is 0 Å². The van der Waals surface area contributed by atoms with Crippen molar-refractivity contribution in [3.63, 3.8) is 0 Å². The van der Waals surface area contributed by atoms with Gasteiger partial charge in [0.1, 0.15) is 11.9 Å². The van der Waals surface area contributed by atoms with Crippen LogP contribution in [0.2, 0.25) is 0 Å².